The number of benzene rings is 1. The fourth-order valence-corrected chi connectivity index (χ4v) is 2.39. The average Bonchev–Trinajstić information content (AvgIpc) is 3.03. The lowest BCUT2D eigenvalue weighted by Crippen LogP contribution is -2.37. The van der Waals surface area contributed by atoms with Gasteiger partial charge >= 0.3 is 6.18 Å². The van der Waals surface area contributed by atoms with E-state index in [0.717, 1.165) is 12.5 Å². The molecule has 0 amide bonds. The summed E-state index contributed by atoms with van der Waals surface area (Å²) < 4.78 is 51.9. The van der Waals surface area contributed by atoms with Gasteiger partial charge in [0.25, 0.3) is 0 Å². The van der Waals surface area contributed by atoms with Gasteiger partial charge in [-0.1, -0.05) is 6.07 Å². The number of hydrogen-bond donors (Lipinski definition) is 1. The highest BCUT2D eigenvalue weighted by atomic mass is 19.4. The van der Waals surface area contributed by atoms with Gasteiger partial charge < -0.3 is 5.32 Å². The van der Waals surface area contributed by atoms with Crippen LogP contribution in [0.1, 0.15) is 44.2 Å². The van der Waals surface area contributed by atoms with Gasteiger partial charge in [-0.05, 0) is 63.3 Å². The molecule has 1 aliphatic rings. The van der Waals surface area contributed by atoms with Gasteiger partial charge in [-0.2, -0.15) is 13.2 Å². The average molecular weight is 289 g/mol. The van der Waals surface area contributed by atoms with Crippen LogP contribution in [0.3, 0.4) is 0 Å². The molecule has 0 aliphatic heterocycles. The summed E-state index contributed by atoms with van der Waals surface area (Å²) in [6.07, 6.45) is -3.78. The summed E-state index contributed by atoms with van der Waals surface area (Å²) >= 11 is 0. The van der Waals surface area contributed by atoms with Crippen molar-refractivity contribution in [2.24, 2.45) is 5.92 Å². The second kappa shape index (κ2) is 5.02. The molecule has 1 aromatic rings. The van der Waals surface area contributed by atoms with Crippen LogP contribution in [0.15, 0.2) is 18.2 Å². The molecule has 0 heterocycles. The van der Waals surface area contributed by atoms with Gasteiger partial charge in [0.15, 0.2) is 0 Å². The fourth-order valence-electron chi connectivity index (χ4n) is 2.39. The van der Waals surface area contributed by atoms with E-state index < -0.39 is 17.6 Å². The third-order valence-corrected chi connectivity index (χ3v) is 3.54. The minimum absolute atomic E-state index is 0.0528. The molecule has 2 unspecified atom stereocenters. The molecule has 1 saturated carbocycles. The molecule has 2 rings (SSSR count). The Kier molecular flexibility index (Phi) is 3.84. The van der Waals surface area contributed by atoms with E-state index in [0.29, 0.717) is 12.6 Å². The maximum Gasteiger partial charge on any atom is 0.416 e. The number of rotatable bonds is 3. The summed E-state index contributed by atoms with van der Waals surface area (Å²) in [5.41, 5.74) is -0.664. The zero-order valence-corrected chi connectivity index (χ0v) is 11.8. The first-order valence-corrected chi connectivity index (χ1v) is 6.69. The van der Waals surface area contributed by atoms with Gasteiger partial charge in [0.05, 0.1) is 5.56 Å². The third kappa shape index (κ3) is 3.72. The highest BCUT2D eigenvalue weighted by Crippen LogP contribution is 2.50. The van der Waals surface area contributed by atoms with Crippen molar-refractivity contribution in [3.05, 3.63) is 35.1 Å². The van der Waals surface area contributed by atoms with Gasteiger partial charge in [0.1, 0.15) is 5.82 Å². The molecule has 0 spiro atoms. The predicted molar refractivity (Wildman–Crippen MR) is 70.0 cm³/mol. The van der Waals surface area contributed by atoms with Crippen LogP contribution in [-0.4, -0.2) is 12.1 Å². The zero-order chi connectivity index (χ0) is 15.1. The van der Waals surface area contributed by atoms with E-state index in [9.17, 15) is 17.6 Å². The minimum Gasteiger partial charge on any atom is -0.312 e. The molecule has 2 atom stereocenters. The van der Waals surface area contributed by atoms with Crippen LogP contribution in [0.4, 0.5) is 17.6 Å². The van der Waals surface area contributed by atoms with Crippen LogP contribution in [-0.2, 0) is 6.18 Å². The molecule has 1 aliphatic carbocycles. The Hall–Kier alpha value is -1.10. The van der Waals surface area contributed by atoms with Crippen molar-refractivity contribution in [1.82, 2.24) is 5.32 Å². The SMILES string of the molecule is CC(C)(C)NCC1CC1c1ccc(F)cc1C(F)(F)F. The summed E-state index contributed by atoms with van der Waals surface area (Å²) in [5.74, 6) is -0.769. The van der Waals surface area contributed by atoms with Gasteiger partial charge in [0.2, 0.25) is 0 Å². The fraction of sp³-hybridized carbons (Fsp3) is 0.600. The first kappa shape index (κ1) is 15.3. The second-order valence-corrected chi connectivity index (χ2v) is 6.46. The van der Waals surface area contributed by atoms with E-state index in [-0.39, 0.29) is 22.9 Å². The zero-order valence-electron chi connectivity index (χ0n) is 11.8. The van der Waals surface area contributed by atoms with Gasteiger partial charge in [-0.25, -0.2) is 4.39 Å². The van der Waals surface area contributed by atoms with Crippen LogP contribution in [0.5, 0.6) is 0 Å². The molecule has 1 N–H and O–H groups in total. The Morgan fingerprint density at radius 2 is 1.85 bits per heavy atom. The quantitative estimate of drug-likeness (QED) is 0.816. The normalized spacial score (nSPS) is 22.9. The summed E-state index contributed by atoms with van der Waals surface area (Å²) in [5, 5.41) is 3.30. The summed E-state index contributed by atoms with van der Waals surface area (Å²) in [4.78, 5) is 0. The van der Waals surface area contributed by atoms with Crippen LogP contribution in [0, 0.1) is 11.7 Å². The predicted octanol–water partition coefficient (Wildman–Crippen LogP) is 4.34. The largest absolute Gasteiger partial charge is 0.416 e. The topological polar surface area (TPSA) is 12.0 Å². The smallest absolute Gasteiger partial charge is 0.312 e. The lowest BCUT2D eigenvalue weighted by molar-refractivity contribution is -0.138. The Morgan fingerprint density at radius 1 is 1.20 bits per heavy atom. The summed E-state index contributed by atoms with van der Waals surface area (Å²) in [7, 11) is 0. The van der Waals surface area contributed by atoms with Crippen molar-refractivity contribution in [3.63, 3.8) is 0 Å². The summed E-state index contributed by atoms with van der Waals surface area (Å²) in [6, 6.07) is 2.99. The Balaban J connectivity index is 2.12. The van der Waals surface area contributed by atoms with Crippen LogP contribution < -0.4 is 5.32 Å². The molecule has 0 saturated heterocycles. The maximum atomic E-state index is 13.1. The standard InChI is InChI=1S/C15H19F4N/c1-14(2,3)20-8-9-6-12(9)11-5-4-10(16)7-13(11)15(17,18)19/h4-5,7,9,12,20H,6,8H2,1-3H3. The van der Waals surface area contributed by atoms with Gasteiger partial charge in [0, 0.05) is 5.54 Å². The highest BCUT2D eigenvalue weighted by molar-refractivity contribution is 5.37. The molecular formula is C15H19F4N. The Morgan fingerprint density at radius 3 is 2.40 bits per heavy atom. The number of hydrogen-bond acceptors (Lipinski definition) is 1. The minimum atomic E-state index is -4.50. The Bertz CT molecular complexity index is 488. The molecule has 0 bridgehead atoms. The highest BCUT2D eigenvalue weighted by Gasteiger charge is 2.44. The van der Waals surface area contributed by atoms with Crippen LogP contribution in [0.2, 0.25) is 0 Å². The molecule has 0 aromatic heterocycles. The number of halogens is 4. The maximum absolute atomic E-state index is 13.1. The molecule has 1 aromatic carbocycles. The van der Waals surface area contributed by atoms with Crippen molar-refractivity contribution in [3.8, 4) is 0 Å². The molecule has 1 nitrogen and oxygen atoms in total. The lowest BCUT2D eigenvalue weighted by atomic mass is 10.0. The van der Waals surface area contributed by atoms with Crippen molar-refractivity contribution >= 4 is 0 Å². The molecule has 112 valence electrons. The van der Waals surface area contributed by atoms with E-state index >= 15 is 0 Å². The van der Waals surface area contributed by atoms with Crippen LogP contribution >= 0.6 is 0 Å². The Labute approximate surface area is 116 Å². The number of alkyl halides is 3. The molecular weight excluding hydrogens is 270 g/mol. The van der Waals surface area contributed by atoms with Gasteiger partial charge in [-0.3, -0.25) is 0 Å². The van der Waals surface area contributed by atoms with E-state index in [2.05, 4.69) is 5.32 Å². The molecule has 0 radical (unpaired) electrons. The monoisotopic (exact) mass is 289 g/mol. The van der Waals surface area contributed by atoms with Gasteiger partial charge in [-0.15, -0.1) is 0 Å². The lowest BCUT2D eigenvalue weighted by Gasteiger charge is -2.20. The summed E-state index contributed by atoms with van der Waals surface area (Å²) in [6.45, 7) is 6.74. The van der Waals surface area contributed by atoms with E-state index in [4.69, 9.17) is 0 Å². The van der Waals surface area contributed by atoms with Crippen molar-refractivity contribution in [1.29, 1.82) is 0 Å². The van der Waals surface area contributed by atoms with E-state index in [1.54, 1.807) is 0 Å². The van der Waals surface area contributed by atoms with E-state index in [1.807, 2.05) is 20.8 Å². The van der Waals surface area contributed by atoms with Crippen molar-refractivity contribution in [2.75, 3.05) is 6.54 Å². The van der Waals surface area contributed by atoms with Crippen molar-refractivity contribution in [2.45, 2.75) is 44.8 Å². The second-order valence-electron chi connectivity index (χ2n) is 6.46. The third-order valence-electron chi connectivity index (χ3n) is 3.54. The van der Waals surface area contributed by atoms with E-state index in [1.165, 1.54) is 6.07 Å². The molecule has 1 fully saturated rings. The van der Waals surface area contributed by atoms with Crippen LogP contribution in [0.25, 0.3) is 0 Å². The van der Waals surface area contributed by atoms with Crippen molar-refractivity contribution < 1.29 is 17.6 Å². The first-order valence-electron chi connectivity index (χ1n) is 6.69. The molecule has 20 heavy (non-hydrogen) atoms. The molecule has 5 heteroatoms. The number of nitrogens with one attached hydrogen (secondary N) is 1. The first-order chi connectivity index (χ1) is 9.08.